The lowest BCUT2D eigenvalue weighted by molar-refractivity contribution is -0.384. The molecule has 1 aromatic rings. The van der Waals surface area contributed by atoms with E-state index in [0.29, 0.717) is 17.6 Å². The fourth-order valence-electron chi connectivity index (χ4n) is 2.91. The maximum absolute atomic E-state index is 11.7. The summed E-state index contributed by atoms with van der Waals surface area (Å²) in [5.74, 6) is -0.360. The van der Waals surface area contributed by atoms with Crippen molar-refractivity contribution in [2.45, 2.75) is 32.9 Å². The van der Waals surface area contributed by atoms with Gasteiger partial charge >= 0.3 is 5.97 Å². The van der Waals surface area contributed by atoms with Crippen LogP contribution in [0.1, 0.15) is 31.1 Å². The first-order valence-electron chi connectivity index (χ1n) is 7.81. The summed E-state index contributed by atoms with van der Waals surface area (Å²) in [6.45, 7) is 8.08. The number of anilines is 1. The van der Waals surface area contributed by atoms with Crippen molar-refractivity contribution in [3.63, 3.8) is 0 Å². The highest BCUT2D eigenvalue weighted by atomic mass is 35.5. The van der Waals surface area contributed by atoms with E-state index in [0.717, 1.165) is 19.2 Å². The summed E-state index contributed by atoms with van der Waals surface area (Å²) >= 11 is 6.11. The number of nitro benzene ring substituents is 1. The van der Waals surface area contributed by atoms with E-state index in [9.17, 15) is 14.9 Å². The van der Waals surface area contributed by atoms with Gasteiger partial charge in [-0.2, -0.15) is 0 Å². The van der Waals surface area contributed by atoms with E-state index in [-0.39, 0.29) is 22.3 Å². The van der Waals surface area contributed by atoms with Crippen LogP contribution in [0.25, 0.3) is 0 Å². The van der Waals surface area contributed by atoms with Gasteiger partial charge in [0.25, 0.3) is 5.69 Å². The molecular weight excluding hydrogens is 334 g/mol. The van der Waals surface area contributed by atoms with Crippen LogP contribution < -0.4 is 5.32 Å². The number of rotatable bonds is 5. The summed E-state index contributed by atoms with van der Waals surface area (Å²) in [6.07, 6.45) is 0. The number of benzene rings is 1. The van der Waals surface area contributed by atoms with Gasteiger partial charge in [-0.15, -0.1) is 0 Å². The number of carbonyl (C=O) groups excluding carboxylic acids is 1. The fraction of sp³-hybridized carbons (Fsp3) is 0.562. The molecule has 2 rings (SSSR count). The Bertz CT molecular complexity index is 650. The highest BCUT2D eigenvalue weighted by molar-refractivity contribution is 6.34. The molecule has 24 heavy (non-hydrogen) atoms. The maximum atomic E-state index is 11.7. The number of likely N-dealkylation sites (tertiary alicyclic amines) is 1. The molecule has 0 spiro atoms. The van der Waals surface area contributed by atoms with Gasteiger partial charge < -0.3 is 10.1 Å². The lowest BCUT2D eigenvalue weighted by Gasteiger charge is -2.21. The smallest absolute Gasteiger partial charge is 0.339 e. The van der Waals surface area contributed by atoms with Crippen LogP contribution in [-0.4, -0.2) is 48.1 Å². The summed E-state index contributed by atoms with van der Waals surface area (Å²) in [5.41, 5.74) is 0.120. The van der Waals surface area contributed by atoms with E-state index in [1.54, 1.807) is 0 Å². The first-order valence-corrected chi connectivity index (χ1v) is 8.19. The largest absolute Gasteiger partial charge is 0.465 e. The van der Waals surface area contributed by atoms with Gasteiger partial charge in [-0.25, -0.2) is 4.79 Å². The molecule has 0 aromatic heterocycles. The molecule has 0 amide bonds. The first-order chi connectivity index (χ1) is 11.2. The number of hydrogen-bond donors (Lipinski definition) is 1. The average Bonchev–Trinajstić information content (AvgIpc) is 2.87. The Balaban J connectivity index is 2.31. The predicted molar refractivity (Wildman–Crippen MR) is 92.7 cm³/mol. The number of nitrogens with zero attached hydrogens (tertiary/aromatic N) is 2. The summed E-state index contributed by atoms with van der Waals surface area (Å²) in [6, 6.07) is 3.08. The standard InChI is InChI=1S/C16H22ClN3O4/c1-9(2)19-7-10(3)14(8-19)18-13-6-12(17)11(16(21)24-4)5-15(13)20(22)23/h5-6,9-10,14,18H,7-8H2,1-4H3. The molecular formula is C16H22ClN3O4. The molecule has 0 saturated carbocycles. The number of hydrogen-bond acceptors (Lipinski definition) is 6. The quantitative estimate of drug-likeness (QED) is 0.496. The predicted octanol–water partition coefficient (Wildman–Crippen LogP) is 3.18. The number of ether oxygens (including phenoxy) is 1. The van der Waals surface area contributed by atoms with E-state index >= 15 is 0 Å². The van der Waals surface area contributed by atoms with Crippen LogP contribution in [0.2, 0.25) is 5.02 Å². The second-order valence-electron chi connectivity index (χ2n) is 6.37. The minimum Gasteiger partial charge on any atom is -0.465 e. The van der Waals surface area contributed by atoms with Crippen molar-refractivity contribution in [1.82, 2.24) is 4.90 Å². The molecule has 1 aliphatic heterocycles. The Morgan fingerprint density at radius 2 is 2.12 bits per heavy atom. The third-order valence-electron chi connectivity index (χ3n) is 4.40. The van der Waals surface area contributed by atoms with Gasteiger partial charge in [0.2, 0.25) is 0 Å². The highest BCUT2D eigenvalue weighted by Gasteiger charge is 2.32. The van der Waals surface area contributed by atoms with Crippen LogP contribution in [0.5, 0.6) is 0 Å². The number of nitrogens with one attached hydrogen (secondary N) is 1. The van der Waals surface area contributed by atoms with Crippen molar-refractivity contribution >= 4 is 28.9 Å². The van der Waals surface area contributed by atoms with Gasteiger partial charge in [0, 0.05) is 31.2 Å². The number of carbonyl (C=O) groups is 1. The van der Waals surface area contributed by atoms with E-state index in [1.165, 1.54) is 13.2 Å². The molecule has 0 bridgehead atoms. The van der Waals surface area contributed by atoms with E-state index in [1.807, 2.05) is 0 Å². The molecule has 2 atom stereocenters. The zero-order chi connectivity index (χ0) is 18.0. The second-order valence-corrected chi connectivity index (χ2v) is 6.78. The van der Waals surface area contributed by atoms with Crippen molar-refractivity contribution in [2.75, 3.05) is 25.5 Å². The van der Waals surface area contributed by atoms with Gasteiger partial charge in [-0.3, -0.25) is 15.0 Å². The summed E-state index contributed by atoms with van der Waals surface area (Å²) in [7, 11) is 1.21. The van der Waals surface area contributed by atoms with Gasteiger partial charge in [0.05, 0.1) is 22.6 Å². The van der Waals surface area contributed by atoms with Crippen molar-refractivity contribution in [3.05, 3.63) is 32.8 Å². The van der Waals surface area contributed by atoms with Gasteiger partial charge in [-0.1, -0.05) is 18.5 Å². The van der Waals surface area contributed by atoms with E-state index < -0.39 is 10.9 Å². The highest BCUT2D eigenvalue weighted by Crippen LogP contribution is 2.34. The van der Waals surface area contributed by atoms with Crippen LogP contribution in [0, 0.1) is 16.0 Å². The van der Waals surface area contributed by atoms with Gasteiger partial charge in [0.1, 0.15) is 5.69 Å². The SMILES string of the molecule is COC(=O)c1cc([N+](=O)[O-])c(NC2CN(C(C)C)CC2C)cc1Cl. The zero-order valence-electron chi connectivity index (χ0n) is 14.2. The second kappa shape index (κ2) is 7.36. The molecule has 0 radical (unpaired) electrons. The normalized spacial score (nSPS) is 21.1. The summed E-state index contributed by atoms with van der Waals surface area (Å²) in [5, 5.41) is 14.7. The molecule has 132 valence electrons. The summed E-state index contributed by atoms with van der Waals surface area (Å²) < 4.78 is 4.61. The Labute approximate surface area is 146 Å². The molecule has 0 aliphatic carbocycles. The number of nitro groups is 1. The minimum atomic E-state index is -0.699. The fourth-order valence-corrected chi connectivity index (χ4v) is 3.15. The Morgan fingerprint density at radius 3 is 2.62 bits per heavy atom. The van der Waals surface area contributed by atoms with Crippen molar-refractivity contribution in [3.8, 4) is 0 Å². The molecule has 7 nitrogen and oxygen atoms in total. The third kappa shape index (κ3) is 3.79. The molecule has 1 heterocycles. The molecule has 1 N–H and O–H groups in total. The number of methoxy groups -OCH3 is 1. The molecule has 8 heteroatoms. The van der Waals surface area contributed by atoms with Crippen LogP contribution in [-0.2, 0) is 4.74 Å². The Kier molecular flexibility index (Phi) is 5.66. The molecule has 1 aromatic carbocycles. The van der Waals surface area contributed by atoms with Crippen LogP contribution in [0.15, 0.2) is 12.1 Å². The van der Waals surface area contributed by atoms with Crippen LogP contribution >= 0.6 is 11.6 Å². The number of halogens is 1. The third-order valence-corrected chi connectivity index (χ3v) is 4.71. The average molecular weight is 356 g/mol. The molecule has 1 aliphatic rings. The van der Waals surface area contributed by atoms with E-state index in [4.69, 9.17) is 11.6 Å². The summed E-state index contributed by atoms with van der Waals surface area (Å²) in [4.78, 5) is 24.9. The lowest BCUT2D eigenvalue weighted by atomic mass is 10.1. The molecule has 1 saturated heterocycles. The van der Waals surface area contributed by atoms with Crippen LogP contribution in [0.3, 0.4) is 0 Å². The van der Waals surface area contributed by atoms with E-state index in [2.05, 4.69) is 35.7 Å². The molecule has 1 fully saturated rings. The van der Waals surface area contributed by atoms with Crippen LogP contribution in [0.4, 0.5) is 11.4 Å². The lowest BCUT2D eigenvalue weighted by Crippen LogP contribution is -2.31. The van der Waals surface area contributed by atoms with Crippen molar-refractivity contribution in [2.24, 2.45) is 5.92 Å². The van der Waals surface area contributed by atoms with Crippen molar-refractivity contribution in [1.29, 1.82) is 0 Å². The monoisotopic (exact) mass is 355 g/mol. The van der Waals surface area contributed by atoms with Crippen molar-refractivity contribution < 1.29 is 14.5 Å². The maximum Gasteiger partial charge on any atom is 0.339 e. The number of esters is 1. The minimum absolute atomic E-state index is 0.0142. The molecule has 2 unspecified atom stereocenters. The zero-order valence-corrected chi connectivity index (χ0v) is 15.0. The Hall–Kier alpha value is -1.86. The van der Waals surface area contributed by atoms with Gasteiger partial charge in [-0.05, 0) is 25.8 Å². The van der Waals surface area contributed by atoms with Gasteiger partial charge in [0.15, 0.2) is 0 Å². The Morgan fingerprint density at radius 1 is 1.46 bits per heavy atom. The first kappa shape index (κ1) is 18.5. The topological polar surface area (TPSA) is 84.7 Å².